The molecule has 0 N–H and O–H groups in total. The van der Waals surface area contributed by atoms with Crippen LogP contribution in [0.4, 0.5) is 0 Å². The molecule has 9 heteroatoms. The minimum atomic E-state index is -0.125. The number of hydrogen-bond donors (Lipinski definition) is 0. The third kappa shape index (κ3) is 10.7. The second-order valence-corrected chi connectivity index (χ2v) is 15.3. The van der Waals surface area contributed by atoms with Crippen molar-refractivity contribution < 1.29 is 14.5 Å². The van der Waals surface area contributed by atoms with Crippen molar-refractivity contribution in [2.75, 3.05) is 0 Å². The number of hydrogen-bond acceptors (Lipinski definition) is 4. The van der Waals surface area contributed by atoms with Crippen LogP contribution in [-0.2, 0) is 14.5 Å². The van der Waals surface area contributed by atoms with Gasteiger partial charge in [-0.1, -0.05) is 12.1 Å². The van der Waals surface area contributed by atoms with Crippen molar-refractivity contribution in [1.29, 1.82) is 0 Å². The summed E-state index contributed by atoms with van der Waals surface area (Å²) in [4.78, 5) is 22.9. The van der Waals surface area contributed by atoms with E-state index >= 15 is 0 Å². The topological polar surface area (TPSA) is 105 Å². The summed E-state index contributed by atoms with van der Waals surface area (Å²) in [5.41, 5.74) is 13.3. The van der Waals surface area contributed by atoms with Gasteiger partial charge in [0, 0.05) is 12.4 Å². The molecule has 0 saturated carbocycles. The van der Waals surface area contributed by atoms with Gasteiger partial charge in [0.1, 0.15) is 0 Å². The third-order valence-electron chi connectivity index (χ3n) is 1.59. The Kier molecular flexibility index (Phi) is 18.5. The first-order valence-electron chi connectivity index (χ1n) is 4.46. The Morgan fingerprint density at radius 2 is 1.11 bits per heavy atom. The first-order valence-corrected chi connectivity index (χ1v) is 17.3. The van der Waals surface area contributed by atoms with Gasteiger partial charge in [-0.2, -0.15) is 0 Å². The quantitative estimate of drug-likeness (QED) is 0.514. The minimum Gasteiger partial charge on any atom is -0.577 e. The van der Waals surface area contributed by atoms with E-state index in [9.17, 15) is 0 Å². The zero-order chi connectivity index (χ0) is 14.9. The first kappa shape index (κ1) is 20.5. The van der Waals surface area contributed by atoms with E-state index in [-0.39, 0.29) is 14.5 Å². The fourth-order valence-electron chi connectivity index (χ4n) is 1.03. The first-order chi connectivity index (χ1) is 9.38. The normalized spacial score (nSPS) is 7.47. The van der Waals surface area contributed by atoms with Crippen molar-refractivity contribution in [3.8, 4) is 11.4 Å². The van der Waals surface area contributed by atoms with Crippen molar-refractivity contribution in [2.45, 2.75) is 0 Å². The number of aromatic nitrogens is 2. The number of nitroso groups, excluding NO2 is 2. The summed E-state index contributed by atoms with van der Waals surface area (Å²) in [5, 5.41) is 0. The monoisotopic (exact) mass is 558 g/mol. The molecule has 6 nitrogen and oxygen atoms in total. The Balaban J connectivity index is 0. The van der Waals surface area contributed by atoms with Gasteiger partial charge in [0.2, 0.25) is 0 Å². The molecule has 0 amide bonds. The molecule has 0 unspecified atom stereocenters. The van der Waals surface area contributed by atoms with E-state index in [1.54, 1.807) is 12.4 Å². The standard InChI is InChI=1S/C10H8N2.2BrH.2NO.W/c1-3-7-11-9(5-1)10-6-2-4-8-12-10;;;2*1-2;/h1-8H;2*1H;;;/q;;;2*-1;+2/p-2. The summed E-state index contributed by atoms with van der Waals surface area (Å²) in [7, 11) is 0. The van der Waals surface area contributed by atoms with E-state index in [1.807, 2.05) is 36.4 Å². The molecular formula is C10H8Br2N4O2W-2. The molecule has 0 fully saturated rings. The second-order valence-electron chi connectivity index (χ2n) is 2.49. The number of nitrogens with zero attached hydrogens (tertiary/aromatic N) is 4. The number of halogens is 2. The summed E-state index contributed by atoms with van der Waals surface area (Å²) in [6.07, 6.45) is 3.54. The van der Waals surface area contributed by atoms with Crippen molar-refractivity contribution in [1.82, 2.24) is 9.97 Å². The Morgan fingerprint density at radius 1 is 0.789 bits per heavy atom. The summed E-state index contributed by atoms with van der Waals surface area (Å²) in [6, 6.07) is 11.6. The summed E-state index contributed by atoms with van der Waals surface area (Å²) < 4.78 is 0. The molecule has 0 spiro atoms. The minimum absolute atomic E-state index is 0.125. The average molecular weight is 560 g/mol. The van der Waals surface area contributed by atoms with E-state index in [2.05, 4.69) is 36.6 Å². The van der Waals surface area contributed by atoms with Crippen LogP contribution in [0.3, 0.4) is 0 Å². The smallest absolute Gasteiger partial charge is 0.0886 e. The zero-order valence-corrected chi connectivity index (χ0v) is 15.5. The molecular weight excluding hydrogens is 552 g/mol. The van der Waals surface area contributed by atoms with Crippen LogP contribution < -0.4 is 0 Å². The van der Waals surface area contributed by atoms with E-state index in [0.29, 0.717) is 0 Å². The Morgan fingerprint density at radius 3 is 1.32 bits per heavy atom. The van der Waals surface area contributed by atoms with Crippen molar-refractivity contribution >= 4 is 26.6 Å². The van der Waals surface area contributed by atoms with Crippen LogP contribution in [0.5, 0.6) is 0 Å². The Bertz CT molecular complexity index is 371. The second kappa shape index (κ2) is 17.1. The molecule has 0 aliphatic carbocycles. The summed E-state index contributed by atoms with van der Waals surface area (Å²) in [5.74, 6) is 0. The predicted octanol–water partition coefficient (Wildman–Crippen LogP) is 4.48. The summed E-state index contributed by atoms with van der Waals surface area (Å²) in [6.45, 7) is 0. The van der Waals surface area contributed by atoms with Crippen molar-refractivity contribution in [3.05, 3.63) is 69.8 Å². The molecule has 0 aliphatic heterocycles. The maximum atomic E-state index is 7.25. The zero-order valence-electron chi connectivity index (χ0n) is 9.39. The van der Waals surface area contributed by atoms with Crippen LogP contribution in [0.2, 0.25) is 0 Å². The van der Waals surface area contributed by atoms with Gasteiger partial charge in [0.15, 0.2) is 0 Å². The van der Waals surface area contributed by atoms with E-state index in [4.69, 9.17) is 21.0 Å². The van der Waals surface area contributed by atoms with E-state index in [1.165, 1.54) is 0 Å². The van der Waals surface area contributed by atoms with Crippen LogP contribution in [0, 0.1) is 9.81 Å². The van der Waals surface area contributed by atoms with Crippen LogP contribution in [0.15, 0.2) is 48.8 Å². The maximum absolute atomic E-state index is 7.25. The van der Waals surface area contributed by atoms with Crippen LogP contribution in [0.1, 0.15) is 0 Å². The van der Waals surface area contributed by atoms with Gasteiger partial charge in [-0.3, -0.25) is 9.97 Å². The molecule has 0 saturated heterocycles. The molecule has 2 aromatic heterocycles. The fourth-order valence-corrected chi connectivity index (χ4v) is 1.03. The van der Waals surface area contributed by atoms with Crippen LogP contribution >= 0.6 is 26.6 Å². The van der Waals surface area contributed by atoms with Crippen LogP contribution in [0.25, 0.3) is 22.6 Å². The molecule has 2 heterocycles. The average Bonchev–Trinajstić information content (AvgIpc) is 2.54. The Hall–Kier alpha value is -0.852. The molecule has 102 valence electrons. The molecule has 0 atom stereocenters. The van der Waals surface area contributed by atoms with Crippen LogP contribution in [-0.4, -0.2) is 9.97 Å². The van der Waals surface area contributed by atoms with Gasteiger partial charge in [-0.15, -0.1) is 0 Å². The largest absolute Gasteiger partial charge is 0.577 e. The van der Waals surface area contributed by atoms with Gasteiger partial charge in [0.05, 0.1) is 11.4 Å². The fraction of sp³-hybridized carbons (Fsp3) is 0. The van der Waals surface area contributed by atoms with Gasteiger partial charge in [-0.25, -0.2) is 0 Å². The molecule has 0 aromatic carbocycles. The van der Waals surface area contributed by atoms with Gasteiger partial charge in [0.25, 0.3) is 0 Å². The van der Waals surface area contributed by atoms with Crippen molar-refractivity contribution in [3.63, 3.8) is 0 Å². The number of pyridine rings is 2. The predicted molar refractivity (Wildman–Crippen MR) is 78.8 cm³/mol. The molecule has 0 radical (unpaired) electrons. The maximum Gasteiger partial charge on any atom is 0.0886 e. The molecule has 0 bridgehead atoms. The third-order valence-corrected chi connectivity index (χ3v) is 1.59. The SMILES string of the molecule is [Br][W][Br].[N-]=O.[N-]=O.c1ccc(-c2ccccn2)nc1. The van der Waals surface area contributed by atoms with Gasteiger partial charge < -0.3 is 21.0 Å². The molecule has 2 aromatic rings. The Labute approximate surface area is 131 Å². The van der Waals surface area contributed by atoms with Gasteiger partial charge >= 0.3 is 41.0 Å². The molecule has 2 rings (SSSR count). The van der Waals surface area contributed by atoms with Crippen molar-refractivity contribution in [2.24, 2.45) is 0 Å². The van der Waals surface area contributed by atoms with E-state index < -0.39 is 0 Å². The number of rotatable bonds is 1. The van der Waals surface area contributed by atoms with Gasteiger partial charge in [-0.05, 0) is 24.3 Å². The molecule has 0 aliphatic rings. The summed E-state index contributed by atoms with van der Waals surface area (Å²) >= 11 is 6.33. The van der Waals surface area contributed by atoms with E-state index in [0.717, 1.165) is 11.4 Å². The molecule has 19 heavy (non-hydrogen) atoms.